The van der Waals surface area contributed by atoms with Crippen molar-refractivity contribution in [2.24, 2.45) is 5.92 Å². The van der Waals surface area contributed by atoms with Gasteiger partial charge in [0.25, 0.3) is 5.56 Å². The quantitative estimate of drug-likeness (QED) is 0.845. The maximum atomic E-state index is 12.3. The largest absolute Gasteiger partial charge is 0.461 e. The number of hydrogen-bond acceptors (Lipinski definition) is 5. The molecule has 3 rings (SSSR count). The summed E-state index contributed by atoms with van der Waals surface area (Å²) in [4.78, 5) is 36.5. The Morgan fingerprint density at radius 2 is 2.00 bits per heavy atom. The molecule has 1 N–H and O–H groups in total. The van der Waals surface area contributed by atoms with Gasteiger partial charge in [0.05, 0.1) is 18.0 Å². The molecule has 124 valence electrons. The third-order valence-corrected chi connectivity index (χ3v) is 3.61. The smallest absolute Gasteiger partial charge is 0.360 e. The number of nitrogens with one attached hydrogen (secondary N) is 1. The number of carbonyl (C=O) groups is 2. The van der Waals surface area contributed by atoms with Crippen molar-refractivity contribution in [2.75, 3.05) is 11.9 Å². The lowest BCUT2D eigenvalue weighted by Crippen LogP contribution is -2.27. The highest BCUT2D eigenvalue weighted by atomic mass is 16.5. The van der Waals surface area contributed by atoms with Crippen LogP contribution in [0.4, 0.5) is 5.69 Å². The fraction of sp³-hybridized carbons (Fsp3) is 0.294. The predicted molar refractivity (Wildman–Crippen MR) is 87.1 cm³/mol. The minimum atomic E-state index is -0.687. The number of benzene rings is 1. The van der Waals surface area contributed by atoms with Crippen LogP contribution in [0.1, 0.15) is 30.3 Å². The van der Waals surface area contributed by atoms with Crippen LogP contribution in [0.25, 0.3) is 5.69 Å². The van der Waals surface area contributed by atoms with Gasteiger partial charge in [0.2, 0.25) is 5.91 Å². The molecular weight excluding hydrogens is 310 g/mol. The molecule has 2 aromatic rings. The average Bonchev–Trinajstić information content (AvgIpc) is 3.41. The maximum Gasteiger partial charge on any atom is 0.360 e. The topological polar surface area (TPSA) is 90.3 Å². The number of aromatic nitrogens is 2. The van der Waals surface area contributed by atoms with E-state index in [4.69, 9.17) is 4.74 Å². The van der Waals surface area contributed by atoms with Gasteiger partial charge in [0.15, 0.2) is 5.69 Å². The Kier molecular flexibility index (Phi) is 4.41. The average molecular weight is 327 g/mol. The summed E-state index contributed by atoms with van der Waals surface area (Å²) in [5, 5.41) is 6.72. The van der Waals surface area contributed by atoms with Crippen molar-refractivity contribution in [1.82, 2.24) is 9.78 Å². The summed E-state index contributed by atoms with van der Waals surface area (Å²) in [7, 11) is 0. The highest BCUT2D eigenvalue weighted by molar-refractivity contribution is 6.01. The van der Waals surface area contributed by atoms with E-state index >= 15 is 0 Å². The number of ether oxygens (including phenoxy) is 1. The van der Waals surface area contributed by atoms with Crippen LogP contribution in [0.2, 0.25) is 0 Å². The van der Waals surface area contributed by atoms with Gasteiger partial charge < -0.3 is 10.1 Å². The molecule has 0 spiro atoms. The SMILES string of the molecule is CCOC(=O)c1nn(-c2ccccc2)c(=O)cc1NC(=O)C1CC1. The van der Waals surface area contributed by atoms with Crippen LogP contribution in [0, 0.1) is 5.92 Å². The molecule has 1 aliphatic rings. The van der Waals surface area contributed by atoms with Crippen molar-refractivity contribution >= 4 is 17.6 Å². The third kappa shape index (κ3) is 3.34. The Hall–Kier alpha value is -2.96. The Labute approximate surface area is 138 Å². The summed E-state index contributed by atoms with van der Waals surface area (Å²) in [6, 6.07) is 9.93. The molecule has 1 aromatic carbocycles. The molecule has 0 bridgehead atoms. The molecule has 1 saturated carbocycles. The van der Waals surface area contributed by atoms with Gasteiger partial charge in [-0.15, -0.1) is 0 Å². The number of amides is 1. The Balaban J connectivity index is 2.04. The fourth-order valence-corrected chi connectivity index (χ4v) is 2.24. The Bertz CT molecular complexity index is 825. The van der Waals surface area contributed by atoms with E-state index in [0.717, 1.165) is 17.5 Å². The molecule has 7 nitrogen and oxygen atoms in total. The van der Waals surface area contributed by atoms with Crippen LogP contribution in [0.5, 0.6) is 0 Å². The number of para-hydroxylation sites is 1. The van der Waals surface area contributed by atoms with Crippen LogP contribution >= 0.6 is 0 Å². The van der Waals surface area contributed by atoms with Gasteiger partial charge in [-0.3, -0.25) is 9.59 Å². The first-order valence-corrected chi connectivity index (χ1v) is 7.78. The van der Waals surface area contributed by atoms with E-state index in [1.807, 2.05) is 6.07 Å². The Morgan fingerprint density at radius 1 is 1.29 bits per heavy atom. The van der Waals surface area contributed by atoms with Crippen molar-refractivity contribution in [3.05, 3.63) is 52.4 Å². The summed E-state index contributed by atoms with van der Waals surface area (Å²) in [6.45, 7) is 1.84. The van der Waals surface area contributed by atoms with Gasteiger partial charge in [0.1, 0.15) is 0 Å². The highest BCUT2D eigenvalue weighted by Crippen LogP contribution is 2.30. The lowest BCUT2D eigenvalue weighted by molar-refractivity contribution is -0.117. The second-order valence-corrected chi connectivity index (χ2v) is 5.48. The van der Waals surface area contributed by atoms with E-state index in [1.165, 1.54) is 6.07 Å². The summed E-state index contributed by atoms with van der Waals surface area (Å²) in [5.41, 5.74) is 0.0743. The summed E-state index contributed by atoms with van der Waals surface area (Å²) < 4.78 is 6.10. The first-order chi connectivity index (χ1) is 11.6. The molecule has 1 heterocycles. The van der Waals surface area contributed by atoms with Crippen molar-refractivity contribution in [1.29, 1.82) is 0 Å². The van der Waals surface area contributed by atoms with Crippen molar-refractivity contribution in [3.8, 4) is 5.69 Å². The molecule has 0 aliphatic heterocycles. The van der Waals surface area contributed by atoms with Crippen LogP contribution < -0.4 is 10.9 Å². The van der Waals surface area contributed by atoms with E-state index in [0.29, 0.717) is 5.69 Å². The molecular formula is C17H17N3O4. The van der Waals surface area contributed by atoms with E-state index in [-0.39, 0.29) is 29.8 Å². The number of rotatable bonds is 5. The summed E-state index contributed by atoms with van der Waals surface area (Å²) >= 11 is 0. The second-order valence-electron chi connectivity index (χ2n) is 5.48. The second kappa shape index (κ2) is 6.66. The van der Waals surface area contributed by atoms with Crippen molar-refractivity contribution in [3.63, 3.8) is 0 Å². The molecule has 24 heavy (non-hydrogen) atoms. The molecule has 1 amide bonds. The minimum Gasteiger partial charge on any atom is -0.461 e. The van der Waals surface area contributed by atoms with Gasteiger partial charge in [-0.1, -0.05) is 18.2 Å². The molecule has 1 aliphatic carbocycles. The summed E-state index contributed by atoms with van der Waals surface area (Å²) in [5.74, 6) is -0.955. The minimum absolute atomic E-state index is 0.0587. The molecule has 7 heteroatoms. The summed E-state index contributed by atoms with van der Waals surface area (Å²) in [6.07, 6.45) is 1.63. The Morgan fingerprint density at radius 3 is 2.62 bits per heavy atom. The monoisotopic (exact) mass is 327 g/mol. The first-order valence-electron chi connectivity index (χ1n) is 7.78. The third-order valence-electron chi connectivity index (χ3n) is 3.61. The van der Waals surface area contributed by atoms with Gasteiger partial charge in [0, 0.05) is 12.0 Å². The number of hydrogen-bond donors (Lipinski definition) is 1. The van der Waals surface area contributed by atoms with E-state index in [9.17, 15) is 14.4 Å². The van der Waals surface area contributed by atoms with Gasteiger partial charge in [-0.25, -0.2) is 4.79 Å². The number of esters is 1. The number of nitrogens with zero attached hydrogens (tertiary/aromatic N) is 2. The zero-order valence-corrected chi connectivity index (χ0v) is 13.2. The number of anilines is 1. The van der Waals surface area contributed by atoms with Crippen molar-refractivity contribution in [2.45, 2.75) is 19.8 Å². The lowest BCUT2D eigenvalue weighted by atomic mass is 10.2. The number of carbonyl (C=O) groups excluding carboxylic acids is 2. The van der Waals surface area contributed by atoms with Gasteiger partial charge >= 0.3 is 5.97 Å². The fourth-order valence-electron chi connectivity index (χ4n) is 2.24. The predicted octanol–water partition coefficient (Wildman–Crippen LogP) is 1.76. The molecule has 0 unspecified atom stereocenters. The first kappa shape index (κ1) is 15.9. The van der Waals surface area contributed by atoms with E-state index < -0.39 is 11.5 Å². The standard InChI is InChI=1S/C17H17N3O4/c1-2-24-17(23)15-13(18-16(22)11-8-9-11)10-14(21)20(19-15)12-6-4-3-5-7-12/h3-7,10-11H,2,8-9H2,1H3,(H,18,22). The van der Waals surface area contributed by atoms with Crippen LogP contribution in [0.15, 0.2) is 41.2 Å². The highest BCUT2D eigenvalue weighted by Gasteiger charge is 2.31. The maximum absolute atomic E-state index is 12.3. The molecule has 0 atom stereocenters. The zero-order valence-electron chi connectivity index (χ0n) is 13.2. The van der Waals surface area contributed by atoms with E-state index in [1.54, 1.807) is 31.2 Å². The lowest BCUT2D eigenvalue weighted by Gasteiger charge is -2.12. The van der Waals surface area contributed by atoms with Crippen LogP contribution in [-0.2, 0) is 9.53 Å². The van der Waals surface area contributed by atoms with Crippen LogP contribution in [0.3, 0.4) is 0 Å². The van der Waals surface area contributed by atoms with Crippen LogP contribution in [-0.4, -0.2) is 28.3 Å². The van der Waals surface area contributed by atoms with E-state index in [2.05, 4.69) is 10.4 Å². The van der Waals surface area contributed by atoms with Gasteiger partial charge in [-0.2, -0.15) is 9.78 Å². The molecule has 1 aromatic heterocycles. The van der Waals surface area contributed by atoms with Crippen molar-refractivity contribution < 1.29 is 14.3 Å². The normalized spacial score (nSPS) is 13.4. The van der Waals surface area contributed by atoms with Gasteiger partial charge in [-0.05, 0) is 31.9 Å². The molecule has 1 fully saturated rings. The zero-order chi connectivity index (χ0) is 17.1. The molecule has 0 saturated heterocycles. The molecule has 0 radical (unpaired) electrons.